The number of nitrogens with one attached hydrogen (secondary N) is 3. The van der Waals surface area contributed by atoms with Gasteiger partial charge >= 0.3 is 5.97 Å². The van der Waals surface area contributed by atoms with Crippen LogP contribution in [0.4, 0.5) is 10.7 Å². The second-order valence-corrected chi connectivity index (χ2v) is 13.1. The first-order valence-corrected chi connectivity index (χ1v) is 17.5. The number of aryl methyl sites for hydroxylation is 1. The van der Waals surface area contributed by atoms with Crippen molar-refractivity contribution in [2.75, 3.05) is 30.1 Å². The molecule has 1 heterocycles. The lowest BCUT2D eigenvalue weighted by Crippen LogP contribution is -2.30. The molecular weight excluding hydrogens is 647 g/mol. The van der Waals surface area contributed by atoms with Gasteiger partial charge in [-0.2, -0.15) is 0 Å². The molecule has 11 heteroatoms. The third-order valence-corrected chi connectivity index (χ3v) is 9.77. The van der Waals surface area contributed by atoms with Gasteiger partial charge in [-0.1, -0.05) is 42.8 Å². The molecule has 0 bridgehead atoms. The molecule has 3 amide bonds. The molecule has 0 spiro atoms. The van der Waals surface area contributed by atoms with E-state index in [4.69, 9.17) is 9.47 Å². The first kappa shape index (κ1) is 34.5. The number of amides is 3. The quantitative estimate of drug-likeness (QED) is 0.0618. The van der Waals surface area contributed by atoms with Crippen molar-refractivity contribution in [3.63, 3.8) is 0 Å². The molecule has 48 heavy (non-hydrogen) atoms. The molecule has 0 unspecified atom stereocenters. The normalized spacial score (nSPS) is 12.7. The van der Waals surface area contributed by atoms with E-state index in [1.165, 1.54) is 23.1 Å². The van der Waals surface area contributed by atoms with Crippen molar-refractivity contribution in [1.82, 2.24) is 5.32 Å². The van der Waals surface area contributed by atoms with E-state index in [1.54, 1.807) is 86.8 Å². The summed E-state index contributed by atoms with van der Waals surface area (Å²) in [6.07, 6.45) is 6.46. The number of anilines is 2. The Labute approximate surface area is 288 Å². The van der Waals surface area contributed by atoms with E-state index in [0.717, 1.165) is 47.4 Å². The highest BCUT2D eigenvalue weighted by molar-refractivity contribution is 8.00. The van der Waals surface area contributed by atoms with Crippen LogP contribution in [0.2, 0.25) is 0 Å². The van der Waals surface area contributed by atoms with Crippen molar-refractivity contribution in [3.8, 4) is 5.75 Å². The summed E-state index contributed by atoms with van der Waals surface area (Å²) in [5.74, 6) is -0.821. The first-order valence-electron chi connectivity index (χ1n) is 15.7. The standard InChI is InChI=1S/C37H37N3O6S2/c1-3-46-37(44)33-29-15-8-5-9-16-31(29)48-36(33)40-32(41)23-47-28-14-10-13-26(22-28)38-35(43)30(21-24-17-19-27(45-2)20-18-24)39-34(42)25-11-6-4-7-12-25/h4,6-7,10-14,17-22H,3,5,8-9,15-16,23H2,1-2H3,(H,38,43)(H,39,42)(H,40,41)/b30-21+. The average molecular weight is 684 g/mol. The number of benzene rings is 3. The lowest BCUT2D eigenvalue weighted by Gasteiger charge is -2.12. The number of rotatable bonds is 12. The molecule has 1 aromatic heterocycles. The number of fused-ring (bicyclic) bond motifs is 1. The number of hydrogen-bond acceptors (Lipinski definition) is 8. The van der Waals surface area contributed by atoms with Crippen molar-refractivity contribution >= 4 is 63.6 Å². The molecule has 248 valence electrons. The largest absolute Gasteiger partial charge is 0.497 e. The summed E-state index contributed by atoms with van der Waals surface area (Å²) in [5.41, 5.74) is 3.14. The summed E-state index contributed by atoms with van der Waals surface area (Å²) >= 11 is 2.77. The third kappa shape index (κ3) is 9.14. The number of carbonyl (C=O) groups is 4. The van der Waals surface area contributed by atoms with E-state index in [2.05, 4.69) is 16.0 Å². The zero-order valence-corrected chi connectivity index (χ0v) is 28.4. The van der Waals surface area contributed by atoms with Gasteiger partial charge in [0.2, 0.25) is 5.91 Å². The van der Waals surface area contributed by atoms with Gasteiger partial charge in [0.15, 0.2) is 0 Å². The van der Waals surface area contributed by atoms with Crippen molar-refractivity contribution < 1.29 is 28.7 Å². The SMILES string of the molecule is CCOC(=O)c1c(NC(=O)CSc2cccc(NC(=O)/C(=C\c3ccc(OC)cc3)NC(=O)c3ccccc3)c2)sc2c1CCCCC2. The molecule has 3 aromatic carbocycles. The van der Waals surface area contributed by atoms with Crippen LogP contribution in [0.15, 0.2) is 89.5 Å². The molecule has 0 aliphatic heterocycles. The zero-order chi connectivity index (χ0) is 33.9. The Kier molecular flexibility index (Phi) is 12.1. The molecule has 1 aliphatic rings. The van der Waals surface area contributed by atoms with Crippen LogP contribution in [0.25, 0.3) is 6.08 Å². The van der Waals surface area contributed by atoms with Crippen LogP contribution in [-0.4, -0.2) is 43.2 Å². The maximum atomic E-state index is 13.5. The predicted molar refractivity (Wildman–Crippen MR) is 191 cm³/mol. The molecule has 0 fully saturated rings. The summed E-state index contributed by atoms with van der Waals surface area (Å²) in [6.45, 7) is 2.03. The van der Waals surface area contributed by atoms with E-state index in [-0.39, 0.29) is 24.0 Å². The Hall–Kier alpha value is -4.87. The van der Waals surface area contributed by atoms with Crippen molar-refractivity contribution in [2.24, 2.45) is 0 Å². The van der Waals surface area contributed by atoms with Crippen LogP contribution >= 0.6 is 23.1 Å². The van der Waals surface area contributed by atoms with Crippen LogP contribution in [0, 0.1) is 0 Å². The summed E-state index contributed by atoms with van der Waals surface area (Å²) in [5, 5.41) is 9.10. The highest BCUT2D eigenvalue weighted by Gasteiger charge is 2.26. The van der Waals surface area contributed by atoms with Crippen LogP contribution in [0.5, 0.6) is 5.75 Å². The summed E-state index contributed by atoms with van der Waals surface area (Å²) in [7, 11) is 1.57. The lowest BCUT2D eigenvalue weighted by atomic mass is 10.1. The number of thioether (sulfide) groups is 1. The Morgan fingerprint density at radius 1 is 0.896 bits per heavy atom. The van der Waals surface area contributed by atoms with Crippen LogP contribution in [0.3, 0.4) is 0 Å². The average Bonchev–Trinajstić information content (AvgIpc) is 3.27. The number of ether oxygens (including phenoxy) is 2. The van der Waals surface area contributed by atoms with Gasteiger partial charge in [0.25, 0.3) is 11.8 Å². The molecule has 0 saturated carbocycles. The van der Waals surface area contributed by atoms with Crippen molar-refractivity contribution in [2.45, 2.75) is 43.9 Å². The highest BCUT2D eigenvalue weighted by atomic mass is 32.2. The maximum Gasteiger partial charge on any atom is 0.341 e. The zero-order valence-electron chi connectivity index (χ0n) is 26.8. The molecule has 5 rings (SSSR count). The second kappa shape index (κ2) is 16.8. The van der Waals surface area contributed by atoms with Gasteiger partial charge in [0, 0.05) is 21.0 Å². The van der Waals surface area contributed by atoms with Gasteiger partial charge in [0.05, 0.1) is 25.0 Å². The first-order chi connectivity index (χ1) is 23.3. The molecule has 3 N–H and O–H groups in total. The van der Waals surface area contributed by atoms with Crippen molar-refractivity contribution in [1.29, 1.82) is 0 Å². The van der Waals surface area contributed by atoms with E-state index in [9.17, 15) is 19.2 Å². The van der Waals surface area contributed by atoms with Gasteiger partial charge in [-0.05, 0) is 92.3 Å². The molecule has 9 nitrogen and oxygen atoms in total. The number of esters is 1. The van der Waals surface area contributed by atoms with Crippen LogP contribution in [0.1, 0.15) is 62.9 Å². The van der Waals surface area contributed by atoms with Gasteiger partial charge in [-0.25, -0.2) is 4.79 Å². The Morgan fingerprint density at radius 2 is 1.67 bits per heavy atom. The topological polar surface area (TPSA) is 123 Å². The minimum Gasteiger partial charge on any atom is -0.497 e. The molecule has 0 saturated heterocycles. The summed E-state index contributed by atoms with van der Waals surface area (Å²) in [6, 6.07) is 22.9. The fourth-order valence-corrected chi connectivity index (χ4v) is 7.28. The number of methoxy groups -OCH3 is 1. The minimum atomic E-state index is -0.515. The number of thiophene rings is 1. The van der Waals surface area contributed by atoms with Gasteiger partial charge in [-0.3, -0.25) is 14.4 Å². The third-order valence-electron chi connectivity index (χ3n) is 7.57. The summed E-state index contributed by atoms with van der Waals surface area (Å²) in [4.78, 5) is 54.3. The monoisotopic (exact) mass is 683 g/mol. The van der Waals surface area contributed by atoms with Gasteiger partial charge in [0.1, 0.15) is 16.4 Å². The molecule has 4 aromatic rings. The van der Waals surface area contributed by atoms with Crippen molar-refractivity contribution in [3.05, 3.63) is 112 Å². The fourth-order valence-electron chi connectivity index (χ4n) is 5.23. The van der Waals surface area contributed by atoms with Gasteiger partial charge < -0.3 is 25.4 Å². The molecule has 0 radical (unpaired) electrons. The van der Waals surface area contributed by atoms with Crippen LogP contribution in [-0.2, 0) is 27.2 Å². The minimum absolute atomic E-state index is 0.0539. The highest BCUT2D eigenvalue weighted by Crippen LogP contribution is 2.38. The Balaban J connectivity index is 1.27. The van der Waals surface area contributed by atoms with Crippen LogP contribution < -0.4 is 20.7 Å². The van der Waals surface area contributed by atoms with E-state index in [1.807, 2.05) is 12.1 Å². The van der Waals surface area contributed by atoms with E-state index in [0.29, 0.717) is 33.1 Å². The van der Waals surface area contributed by atoms with E-state index >= 15 is 0 Å². The molecular formula is C37H37N3O6S2. The molecule has 0 atom stereocenters. The fraction of sp³-hybridized carbons (Fsp3) is 0.243. The van der Waals surface area contributed by atoms with E-state index < -0.39 is 17.8 Å². The number of carbonyl (C=O) groups excluding carboxylic acids is 4. The summed E-state index contributed by atoms with van der Waals surface area (Å²) < 4.78 is 10.6. The Bertz CT molecular complexity index is 1800. The smallest absolute Gasteiger partial charge is 0.341 e. The van der Waals surface area contributed by atoms with Gasteiger partial charge in [-0.15, -0.1) is 23.1 Å². The molecule has 1 aliphatic carbocycles. The Morgan fingerprint density at radius 3 is 2.42 bits per heavy atom. The maximum absolute atomic E-state index is 13.5. The second-order valence-electron chi connectivity index (χ2n) is 11.0. The predicted octanol–water partition coefficient (Wildman–Crippen LogP) is 7.34. The lowest BCUT2D eigenvalue weighted by molar-refractivity contribution is -0.114. The number of hydrogen-bond donors (Lipinski definition) is 3.